The molecule has 5 heterocycles. The van der Waals surface area contributed by atoms with Gasteiger partial charge in [0.25, 0.3) is 12.4 Å². The Morgan fingerprint density at radius 2 is 1.95 bits per heavy atom. The minimum absolute atomic E-state index is 0.105. The van der Waals surface area contributed by atoms with Crippen LogP contribution in [-0.4, -0.2) is 78.6 Å². The van der Waals surface area contributed by atoms with Crippen LogP contribution in [-0.2, 0) is 16.9 Å². The largest absolute Gasteiger partial charge is 0.483 e. The smallest absolute Gasteiger partial charge is 0.290 e. The van der Waals surface area contributed by atoms with Crippen LogP contribution in [0.25, 0.3) is 11.0 Å². The maximum atomic E-state index is 13.3. The highest BCUT2D eigenvalue weighted by Crippen LogP contribution is 2.34. The Bertz CT molecular complexity index is 1380. The van der Waals surface area contributed by atoms with Crippen LogP contribution >= 0.6 is 0 Å². The van der Waals surface area contributed by atoms with Crippen molar-refractivity contribution < 1.29 is 14.7 Å². The van der Waals surface area contributed by atoms with Gasteiger partial charge in [0.15, 0.2) is 5.82 Å². The summed E-state index contributed by atoms with van der Waals surface area (Å²) in [6.45, 7) is 8.53. The highest BCUT2D eigenvalue weighted by Gasteiger charge is 2.44. The Morgan fingerprint density at radius 1 is 1.20 bits per heavy atom. The van der Waals surface area contributed by atoms with Gasteiger partial charge in [-0.2, -0.15) is 0 Å². The lowest BCUT2D eigenvalue weighted by atomic mass is 9.91. The number of anilines is 1. The SMILES string of the molecule is Cc1cc2c(ncn2C2(C)CN(C(=O)c3ccn(CC4CCN([C@H]5/C=C\CCCCC5)CC4)c3)C2)c(N)n1.O=CO. The number of allylic oxidation sites excluding steroid dienone is 1. The highest BCUT2D eigenvalue weighted by molar-refractivity contribution is 5.95. The number of hydrogen-bond acceptors (Lipinski definition) is 6. The van der Waals surface area contributed by atoms with Crippen molar-refractivity contribution in [2.45, 2.75) is 76.9 Å². The lowest BCUT2D eigenvalue weighted by Gasteiger charge is -2.48. The monoisotopic (exact) mass is 561 g/mol. The summed E-state index contributed by atoms with van der Waals surface area (Å²) in [6.07, 6.45) is 19.9. The molecule has 3 aliphatic rings. The molecule has 1 atom stereocenters. The van der Waals surface area contributed by atoms with E-state index in [-0.39, 0.29) is 17.9 Å². The number of pyridine rings is 1. The molecule has 0 radical (unpaired) electrons. The third-order valence-corrected chi connectivity index (χ3v) is 8.93. The summed E-state index contributed by atoms with van der Waals surface area (Å²) >= 11 is 0. The standard InChI is InChI=1S/C30H41N7O.CH2O2/c1-22-16-26-27(28(31)33-22)32-21-37(26)30(2)19-36(20-30)29(38)24-12-13-34(18-24)17-23-10-14-35(15-11-23)25-8-6-4-3-5-7-9-25;2-1-3/h6,8,12-13,16,18,21,23,25H,3-5,7,9-11,14-15,17,19-20H2,1-2H3,(H2,31,33);1H,(H,2,3)/b8-6-;/t25-;/m0./s1. The summed E-state index contributed by atoms with van der Waals surface area (Å²) < 4.78 is 4.38. The number of nitrogens with two attached hydrogens (primary N) is 1. The molecule has 3 aromatic rings. The average Bonchev–Trinajstić information content (AvgIpc) is 3.55. The van der Waals surface area contributed by atoms with Crippen LogP contribution in [0.5, 0.6) is 0 Å². The molecule has 10 heteroatoms. The normalized spacial score (nSPS) is 22.2. The second-order valence-corrected chi connectivity index (χ2v) is 12.1. The summed E-state index contributed by atoms with van der Waals surface area (Å²) in [4.78, 5) is 35.1. The molecular formula is C31H43N7O3. The van der Waals surface area contributed by atoms with Gasteiger partial charge >= 0.3 is 0 Å². The molecule has 0 unspecified atom stereocenters. The second kappa shape index (κ2) is 12.5. The third-order valence-electron chi connectivity index (χ3n) is 8.93. The molecule has 0 saturated carbocycles. The molecule has 3 N–H and O–H groups in total. The van der Waals surface area contributed by atoms with Crippen LogP contribution in [0, 0.1) is 12.8 Å². The first kappa shape index (κ1) is 28.9. The van der Waals surface area contributed by atoms with Gasteiger partial charge in [0, 0.05) is 43.8 Å². The molecule has 41 heavy (non-hydrogen) atoms. The number of fused-ring (bicyclic) bond motifs is 1. The van der Waals surface area contributed by atoms with E-state index in [0.717, 1.165) is 28.8 Å². The van der Waals surface area contributed by atoms with Crippen molar-refractivity contribution in [1.82, 2.24) is 28.9 Å². The first-order chi connectivity index (χ1) is 19.8. The van der Waals surface area contributed by atoms with E-state index in [1.165, 1.54) is 58.0 Å². The van der Waals surface area contributed by atoms with E-state index in [1.807, 2.05) is 36.5 Å². The number of nitrogens with zero attached hydrogens (tertiary/aromatic N) is 6. The number of carboxylic acid groups (broad SMARTS) is 1. The molecule has 0 spiro atoms. The van der Waals surface area contributed by atoms with E-state index in [9.17, 15) is 4.79 Å². The number of piperidine rings is 1. The van der Waals surface area contributed by atoms with Gasteiger partial charge in [-0.25, -0.2) is 9.97 Å². The Labute approximate surface area is 241 Å². The molecule has 10 nitrogen and oxygen atoms in total. The zero-order valence-electron chi connectivity index (χ0n) is 24.3. The average molecular weight is 562 g/mol. The van der Waals surface area contributed by atoms with Gasteiger partial charge in [0.1, 0.15) is 5.52 Å². The first-order valence-corrected chi connectivity index (χ1v) is 14.9. The quantitative estimate of drug-likeness (QED) is 0.352. The predicted molar refractivity (Wildman–Crippen MR) is 160 cm³/mol. The first-order valence-electron chi connectivity index (χ1n) is 14.9. The molecule has 0 bridgehead atoms. The maximum Gasteiger partial charge on any atom is 0.290 e. The summed E-state index contributed by atoms with van der Waals surface area (Å²) in [5, 5.41) is 6.89. The zero-order chi connectivity index (χ0) is 29.0. The third kappa shape index (κ3) is 6.32. The van der Waals surface area contributed by atoms with Gasteiger partial charge in [0.05, 0.1) is 22.9 Å². The number of amides is 1. The lowest BCUT2D eigenvalue weighted by Crippen LogP contribution is -2.62. The zero-order valence-corrected chi connectivity index (χ0v) is 24.3. The van der Waals surface area contributed by atoms with E-state index < -0.39 is 0 Å². The molecule has 2 aliphatic heterocycles. The Balaban J connectivity index is 0.00000108. The van der Waals surface area contributed by atoms with Gasteiger partial charge < -0.3 is 24.9 Å². The fourth-order valence-corrected chi connectivity index (χ4v) is 6.74. The van der Waals surface area contributed by atoms with Crippen LogP contribution in [0.1, 0.15) is 67.9 Å². The number of aryl methyl sites for hydroxylation is 1. The molecule has 1 amide bonds. The second-order valence-electron chi connectivity index (χ2n) is 12.1. The van der Waals surface area contributed by atoms with E-state index in [4.69, 9.17) is 15.6 Å². The summed E-state index contributed by atoms with van der Waals surface area (Å²) in [7, 11) is 0. The highest BCUT2D eigenvalue weighted by atomic mass is 16.3. The molecule has 220 valence electrons. The van der Waals surface area contributed by atoms with E-state index in [0.29, 0.717) is 30.9 Å². The number of aromatic nitrogens is 4. The molecule has 2 fully saturated rings. The van der Waals surface area contributed by atoms with E-state index in [2.05, 4.69) is 49.3 Å². The molecule has 1 aliphatic carbocycles. The van der Waals surface area contributed by atoms with Crippen LogP contribution in [0.3, 0.4) is 0 Å². The van der Waals surface area contributed by atoms with Gasteiger partial charge in [0.2, 0.25) is 0 Å². The van der Waals surface area contributed by atoms with Crippen LogP contribution in [0.15, 0.2) is 43.0 Å². The van der Waals surface area contributed by atoms with Gasteiger partial charge in [-0.3, -0.25) is 14.5 Å². The van der Waals surface area contributed by atoms with Crippen molar-refractivity contribution in [3.63, 3.8) is 0 Å². The van der Waals surface area contributed by atoms with Crippen LogP contribution in [0.4, 0.5) is 5.82 Å². The fraction of sp³-hybridized carbons (Fsp3) is 0.548. The van der Waals surface area contributed by atoms with Crippen molar-refractivity contribution >= 4 is 29.2 Å². The predicted octanol–water partition coefficient (Wildman–Crippen LogP) is 4.30. The number of carbonyl (C=O) groups is 2. The van der Waals surface area contributed by atoms with Crippen molar-refractivity contribution in [3.8, 4) is 0 Å². The van der Waals surface area contributed by atoms with Crippen molar-refractivity contribution in [2.75, 3.05) is 31.9 Å². The number of imidazole rings is 1. The topological polar surface area (TPSA) is 123 Å². The summed E-state index contributed by atoms with van der Waals surface area (Å²) in [5.74, 6) is 1.23. The van der Waals surface area contributed by atoms with Gasteiger partial charge in [-0.05, 0) is 77.1 Å². The molecular weight excluding hydrogens is 518 g/mol. The van der Waals surface area contributed by atoms with E-state index in [1.54, 1.807) is 0 Å². The number of carbonyl (C=O) groups excluding carboxylic acids is 1. The van der Waals surface area contributed by atoms with Gasteiger partial charge in [-0.1, -0.05) is 25.0 Å². The van der Waals surface area contributed by atoms with Crippen LogP contribution < -0.4 is 5.73 Å². The molecule has 0 aromatic carbocycles. The molecule has 2 saturated heterocycles. The minimum atomic E-state index is -0.250. The molecule has 6 rings (SSSR count). The maximum absolute atomic E-state index is 13.3. The van der Waals surface area contributed by atoms with Crippen LogP contribution in [0.2, 0.25) is 0 Å². The van der Waals surface area contributed by atoms with Crippen molar-refractivity contribution in [3.05, 3.63) is 54.3 Å². The number of nitrogen functional groups attached to an aromatic ring is 1. The fourth-order valence-electron chi connectivity index (χ4n) is 6.74. The van der Waals surface area contributed by atoms with Crippen molar-refractivity contribution in [2.24, 2.45) is 5.92 Å². The molecule has 3 aromatic heterocycles. The minimum Gasteiger partial charge on any atom is -0.483 e. The Kier molecular flexibility index (Phi) is 8.77. The summed E-state index contributed by atoms with van der Waals surface area (Å²) in [6, 6.07) is 4.63. The number of rotatable bonds is 5. The summed E-state index contributed by atoms with van der Waals surface area (Å²) in [5.41, 5.74) is 9.24. The lowest BCUT2D eigenvalue weighted by molar-refractivity contribution is -0.122. The Hall–Kier alpha value is -3.66. The van der Waals surface area contributed by atoms with Crippen molar-refractivity contribution in [1.29, 1.82) is 0 Å². The number of hydrogen-bond donors (Lipinski definition) is 2. The Morgan fingerprint density at radius 3 is 2.71 bits per heavy atom. The van der Waals surface area contributed by atoms with E-state index >= 15 is 0 Å². The van der Waals surface area contributed by atoms with Gasteiger partial charge in [-0.15, -0.1) is 0 Å². The number of likely N-dealkylation sites (tertiary alicyclic amines) is 2.